The summed E-state index contributed by atoms with van der Waals surface area (Å²) in [6.45, 7) is 2.42. The fourth-order valence-electron chi connectivity index (χ4n) is 4.96. The largest absolute Gasteiger partial charge is 0.395 e. The average Bonchev–Trinajstić information content (AvgIpc) is 2.67. The molecule has 2 bridgehead atoms. The van der Waals surface area contributed by atoms with Gasteiger partial charge in [0.25, 0.3) is 5.91 Å². The molecule has 2 aliphatic rings. The first kappa shape index (κ1) is 20.6. The fourth-order valence-corrected chi connectivity index (χ4v) is 5.16. The number of hydrogen-bond acceptors (Lipinski definition) is 3. The standard InChI is InChI=1S/C22H33ClN2O2/c23-20-8-7-17(6-3-11-24-12-13-26)14-19(20)21(27)25-16-22-9-1-4-18(15-22)5-2-10-22/h7-8,14,18,24,26H,1-6,9-13,15-16H2,(H,25,27). The summed E-state index contributed by atoms with van der Waals surface area (Å²) in [6, 6.07) is 5.77. The number of halogens is 1. The molecule has 27 heavy (non-hydrogen) atoms. The summed E-state index contributed by atoms with van der Waals surface area (Å²) in [5.74, 6) is 0.832. The number of hydrogen-bond donors (Lipinski definition) is 3. The molecule has 2 saturated carbocycles. The second-order valence-electron chi connectivity index (χ2n) is 8.43. The number of fused-ring (bicyclic) bond motifs is 2. The molecule has 0 atom stereocenters. The van der Waals surface area contributed by atoms with Crippen LogP contribution in [0.1, 0.15) is 67.3 Å². The minimum absolute atomic E-state index is 0.0395. The van der Waals surface area contributed by atoms with Gasteiger partial charge in [-0.05, 0) is 67.7 Å². The Morgan fingerprint density at radius 3 is 2.74 bits per heavy atom. The third-order valence-electron chi connectivity index (χ3n) is 6.37. The normalized spacial score (nSPS) is 24.6. The van der Waals surface area contributed by atoms with Gasteiger partial charge < -0.3 is 15.7 Å². The summed E-state index contributed by atoms with van der Waals surface area (Å²) < 4.78 is 0. The number of nitrogens with one attached hydrogen (secondary N) is 2. The molecular weight excluding hydrogens is 360 g/mol. The molecule has 2 aliphatic carbocycles. The lowest BCUT2D eigenvalue weighted by Crippen LogP contribution is -2.43. The van der Waals surface area contributed by atoms with Crippen molar-refractivity contribution in [2.24, 2.45) is 11.3 Å². The van der Waals surface area contributed by atoms with Crippen LogP contribution in [-0.2, 0) is 6.42 Å². The van der Waals surface area contributed by atoms with Gasteiger partial charge in [0.15, 0.2) is 0 Å². The zero-order valence-corrected chi connectivity index (χ0v) is 17.0. The lowest BCUT2D eigenvalue weighted by molar-refractivity contribution is 0.0682. The van der Waals surface area contributed by atoms with Crippen LogP contribution >= 0.6 is 11.6 Å². The zero-order valence-electron chi connectivity index (χ0n) is 16.2. The van der Waals surface area contributed by atoms with Gasteiger partial charge in [-0.3, -0.25) is 4.79 Å². The van der Waals surface area contributed by atoms with Crippen LogP contribution in [0, 0.1) is 11.3 Å². The summed E-state index contributed by atoms with van der Waals surface area (Å²) >= 11 is 6.32. The van der Waals surface area contributed by atoms with E-state index in [0.717, 1.165) is 37.4 Å². The van der Waals surface area contributed by atoms with Gasteiger partial charge in [0, 0.05) is 13.1 Å². The van der Waals surface area contributed by atoms with Crippen molar-refractivity contribution in [2.75, 3.05) is 26.2 Å². The molecule has 0 saturated heterocycles. The fraction of sp³-hybridized carbons (Fsp3) is 0.682. The van der Waals surface area contributed by atoms with Crippen molar-refractivity contribution in [3.05, 3.63) is 34.3 Å². The number of aliphatic hydroxyl groups excluding tert-OH is 1. The van der Waals surface area contributed by atoms with Crippen LogP contribution in [0.2, 0.25) is 5.02 Å². The molecule has 0 aromatic heterocycles. The molecule has 0 aliphatic heterocycles. The second kappa shape index (κ2) is 9.90. The van der Waals surface area contributed by atoms with E-state index in [9.17, 15) is 4.79 Å². The van der Waals surface area contributed by atoms with Crippen LogP contribution in [0.5, 0.6) is 0 Å². The van der Waals surface area contributed by atoms with E-state index < -0.39 is 0 Å². The number of amides is 1. The number of aliphatic hydroxyl groups is 1. The van der Waals surface area contributed by atoms with Gasteiger partial charge in [-0.15, -0.1) is 0 Å². The minimum Gasteiger partial charge on any atom is -0.395 e. The van der Waals surface area contributed by atoms with Crippen molar-refractivity contribution < 1.29 is 9.90 Å². The van der Waals surface area contributed by atoms with E-state index in [4.69, 9.17) is 16.7 Å². The topological polar surface area (TPSA) is 61.4 Å². The molecule has 3 rings (SSSR count). The molecule has 1 amide bonds. The van der Waals surface area contributed by atoms with Gasteiger partial charge >= 0.3 is 0 Å². The zero-order chi connectivity index (χ0) is 19.1. The Morgan fingerprint density at radius 1 is 1.22 bits per heavy atom. The third-order valence-corrected chi connectivity index (χ3v) is 6.70. The van der Waals surface area contributed by atoms with Gasteiger partial charge in [-0.1, -0.05) is 43.4 Å². The summed E-state index contributed by atoms with van der Waals surface area (Å²) in [4.78, 5) is 12.8. The van der Waals surface area contributed by atoms with Gasteiger partial charge in [0.1, 0.15) is 0 Å². The van der Waals surface area contributed by atoms with Gasteiger partial charge in [-0.2, -0.15) is 0 Å². The first-order valence-corrected chi connectivity index (χ1v) is 10.9. The number of carbonyl (C=O) groups is 1. The molecule has 4 nitrogen and oxygen atoms in total. The molecule has 0 unspecified atom stereocenters. The van der Waals surface area contributed by atoms with Gasteiger partial charge in [-0.25, -0.2) is 0 Å². The predicted octanol–water partition coefficient (Wildman–Crippen LogP) is 3.94. The van der Waals surface area contributed by atoms with E-state index in [0.29, 0.717) is 22.5 Å². The quantitative estimate of drug-likeness (QED) is 0.558. The van der Waals surface area contributed by atoms with Gasteiger partial charge in [0.2, 0.25) is 0 Å². The molecule has 3 N–H and O–H groups in total. The van der Waals surface area contributed by atoms with Crippen LogP contribution in [0.4, 0.5) is 0 Å². The highest BCUT2D eigenvalue weighted by atomic mass is 35.5. The van der Waals surface area contributed by atoms with E-state index >= 15 is 0 Å². The van der Waals surface area contributed by atoms with Crippen molar-refractivity contribution in [1.29, 1.82) is 0 Å². The first-order chi connectivity index (χ1) is 13.1. The Bertz CT molecular complexity index is 625. The maximum absolute atomic E-state index is 12.8. The number of carbonyl (C=O) groups excluding carboxylic acids is 1. The minimum atomic E-state index is -0.0395. The lowest BCUT2D eigenvalue weighted by Gasteiger charge is -2.45. The van der Waals surface area contributed by atoms with Crippen LogP contribution < -0.4 is 10.6 Å². The van der Waals surface area contributed by atoms with Crippen LogP contribution in [0.15, 0.2) is 18.2 Å². The second-order valence-corrected chi connectivity index (χ2v) is 8.84. The predicted molar refractivity (Wildman–Crippen MR) is 110 cm³/mol. The number of benzene rings is 1. The van der Waals surface area contributed by atoms with Crippen molar-refractivity contribution in [3.8, 4) is 0 Å². The third kappa shape index (κ3) is 5.69. The summed E-state index contributed by atoms with van der Waals surface area (Å²) in [7, 11) is 0. The maximum Gasteiger partial charge on any atom is 0.252 e. The SMILES string of the molecule is O=C(NCC12CCCC(CCC1)C2)c1cc(CCCNCCO)ccc1Cl. The average molecular weight is 393 g/mol. The molecule has 5 heteroatoms. The lowest BCUT2D eigenvalue weighted by atomic mass is 9.62. The smallest absolute Gasteiger partial charge is 0.252 e. The van der Waals surface area contributed by atoms with Crippen molar-refractivity contribution in [1.82, 2.24) is 10.6 Å². The highest BCUT2D eigenvalue weighted by Crippen LogP contribution is 2.48. The first-order valence-electron chi connectivity index (χ1n) is 10.5. The van der Waals surface area contributed by atoms with E-state index in [1.807, 2.05) is 18.2 Å². The van der Waals surface area contributed by atoms with Crippen LogP contribution in [0.3, 0.4) is 0 Å². The molecule has 1 aromatic rings. The van der Waals surface area contributed by atoms with Crippen LogP contribution in [0.25, 0.3) is 0 Å². The van der Waals surface area contributed by atoms with E-state index in [1.54, 1.807) is 0 Å². The summed E-state index contributed by atoms with van der Waals surface area (Å²) in [6.07, 6.45) is 11.0. The van der Waals surface area contributed by atoms with Crippen LogP contribution in [-0.4, -0.2) is 37.3 Å². The highest BCUT2D eigenvalue weighted by molar-refractivity contribution is 6.33. The van der Waals surface area contributed by atoms with Crippen molar-refractivity contribution in [2.45, 2.75) is 57.8 Å². The Labute approximate surface area is 168 Å². The Morgan fingerprint density at radius 2 is 2.00 bits per heavy atom. The molecule has 0 spiro atoms. The van der Waals surface area contributed by atoms with E-state index in [1.165, 1.54) is 44.9 Å². The monoisotopic (exact) mass is 392 g/mol. The summed E-state index contributed by atoms with van der Waals surface area (Å²) in [5, 5.41) is 15.7. The molecule has 0 radical (unpaired) electrons. The Kier molecular flexibility index (Phi) is 7.57. The number of rotatable bonds is 9. The van der Waals surface area contributed by atoms with Crippen molar-refractivity contribution in [3.63, 3.8) is 0 Å². The molecule has 150 valence electrons. The molecule has 2 fully saturated rings. The summed E-state index contributed by atoms with van der Waals surface area (Å²) in [5.41, 5.74) is 2.04. The molecule has 1 aromatic carbocycles. The molecule has 0 heterocycles. The number of aryl methyl sites for hydroxylation is 1. The highest BCUT2D eigenvalue weighted by Gasteiger charge is 2.39. The van der Waals surface area contributed by atoms with Crippen molar-refractivity contribution >= 4 is 17.5 Å². The molecular formula is C22H33ClN2O2. The van der Waals surface area contributed by atoms with Gasteiger partial charge in [0.05, 0.1) is 17.2 Å². The Balaban J connectivity index is 1.55. The van der Waals surface area contributed by atoms with E-state index in [-0.39, 0.29) is 12.5 Å². The van der Waals surface area contributed by atoms with E-state index in [2.05, 4.69) is 10.6 Å². The maximum atomic E-state index is 12.8. The Hall–Kier alpha value is -1.10.